The monoisotopic (exact) mass is 491 g/mol. The number of nitrogens with one attached hydrogen (secondary N) is 1. The van der Waals surface area contributed by atoms with Gasteiger partial charge in [0.25, 0.3) is 0 Å². The number of sulfonamides is 1. The van der Waals surface area contributed by atoms with Crippen molar-refractivity contribution < 1.29 is 22.5 Å². The quantitative estimate of drug-likeness (QED) is 0.510. The highest BCUT2D eigenvalue weighted by Crippen LogP contribution is 2.29. The van der Waals surface area contributed by atoms with Crippen molar-refractivity contribution >= 4 is 33.0 Å². The number of likely N-dealkylation sites (N-methyl/N-ethyl adjacent to an activating group) is 1. The molecule has 1 fully saturated rings. The molecule has 0 aliphatic carbocycles. The summed E-state index contributed by atoms with van der Waals surface area (Å²) in [6.07, 6.45) is 0.342. The number of rotatable bonds is 8. The summed E-state index contributed by atoms with van der Waals surface area (Å²) >= 11 is 1.53. The number of hydrogen-bond acceptors (Lipinski definition) is 9. The Kier molecular flexibility index (Phi) is 7.08. The molecule has 176 valence electrons. The number of piperazine rings is 1. The molecule has 1 aliphatic heterocycles. The highest BCUT2D eigenvalue weighted by molar-refractivity contribution is 7.89. The first-order chi connectivity index (χ1) is 15.9. The van der Waals surface area contributed by atoms with Crippen LogP contribution in [0.4, 0.5) is 5.69 Å². The van der Waals surface area contributed by atoms with E-state index in [0.29, 0.717) is 49.3 Å². The Labute approximate surface area is 196 Å². The predicted molar refractivity (Wildman–Crippen MR) is 124 cm³/mol. The van der Waals surface area contributed by atoms with Crippen molar-refractivity contribution in [3.8, 4) is 17.1 Å². The lowest BCUT2D eigenvalue weighted by Crippen LogP contribution is -2.47. The summed E-state index contributed by atoms with van der Waals surface area (Å²) in [6, 6.07) is 6.36. The first kappa shape index (κ1) is 23.4. The van der Waals surface area contributed by atoms with Gasteiger partial charge < -0.3 is 19.5 Å². The molecule has 1 aromatic carbocycles. The lowest BCUT2D eigenvalue weighted by molar-refractivity contribution is -0.116. The fourth-order valence-electron chi connectivity index (χ4n) is 3.42. The van der Waals surface area contributed by atoms with E-state index >= 15 is 0 Å². The highest BCUT2D eigenvalue weighted by Gasteiger charge is 2.28. The van der Waals surface area contributed by atoms with Gasteiger partial charge in [0.1, 0.15) is 5.75 Å². The van der Waals surface area contributed by atoms with Gasteiger partial charge in [0, 0.05) is 50.0 Å². The second-order valence-electron chi connectivity index (χ2n) is 7.64. The van der Waals surface area contributed by atoms with Crippen molar-refractivity contribution in [3.05, 3.63) is 40.9 Å². The fraction of sp³-hybridized carbons (Fsp3) is 0.381. The maximum absolute atomic E-state index is 13.1. The molecule has 10 nitrogen and oxygen atoms in total. The molecule has 33 heavy (non-hydrogen) atoms. The van der Waals surface area contributed by atoms with Crippen LogP contribution < -0.4 is 10.1 Å². The molecule has 12 heteroatoms. The first-order valence-electron chi connectivity index (χ1n) is 10.4. The van der Waals surface area contributed by atoms with Gasteiger partial charge in [-0.1, -0.05) is 5.16 Å². The molecule has 0 bridgehead atoms. The molecule has 0 spiro atoms. The van der Waals surface area contributed by atoms with E-state index in [9.17, 15) is 13.2 Å². The van der Waals surface area contributed by atoms with Crippen LogP contribution >= 0.6 is 11.3 Å². The lowest BCUT2D eigenvalue weighted by Gasteiger charge is -2.31. The summed E-state index contributed by atoms with van der Waals surface area (Å²) < 4.78 is 38.1. The van der Waals surface area contributed by atoms with Gasteiger partial charge in [-0.2, -0.15) is 20.6 Å². The number of anilines is 1. The number of amides is 1. The second-order valence-corrected chi connectivity index (χ2v) is 10.4. The number of nitrogens with zero attached hydrogens (tertiary/aromatic N) is 4. The Morgan fingerprint density at radius 2 is 2.03 bits per heavy atom. The van der Waals surface area contributed by atoms with Crippen LogP contribution in [0.2, 0.25) is 0 Å². The Balaban J connectivity index is 1.43. The third-order valence-corrected chi connectivity index (χ3v) is 7.94. The van der Waals surface area contributed by atoms with E-state index in [4.69, 9.17) is 9.26 Å². The van der Waals surface area contributed by atoms with Crippen molar-refractivity contribution in [1.29, 1.82) is 0 Å². The number of benzene rings is 1. The van der Waals surface area contributed by atoms with Crippen LogP contribution in [0.25, 0.3) is 11.4 Å². The maximum Gasteiger partial charge on any atom is 0.243 e. The summed E-state index contributed by atoms with van der Waals surface area (Å²) in [5.41, 5.74) is 1.16. The summed E-state index contributed by atoms with van der Waals surface area (Å²) in [6.45, 7) is 2.18. The van der Waals surface area contributed by atoms with Crippen molar-refractivity contribution in [2.75, 3.05) is 45.7 Å². The van der Waals surface area contributed by atoms with Gasteiger partial charge in [0.15, 0.2) is 0 Å². The molecule has 1 aliphatic rings. The van der Waals surface area contributed by atoms with Crippen LogP contribution in [0.5, 0.6) is 5.75 Å². The standard InChI is InChI=1S/C21H25N5O5S2/c1-25-8-10-26(11-9-25)33(28,29)16-3-4-18(30-2)17(13-16)22-19(27)5-6-20-23-21(24-31-20)15-7-12-32-14-15/h3-4,7,12-14H,5-6,8-11H2,1-2H3,(H,22,27). The van der Waals surface area contributed by atoms with Crippen molar-refractivity contribution in [2.45, 2.75) is 17.7 Å². The van der Waals surface area contributed by atoms with E-state index in [0.717, 1.165) is 5.56 Å². The van der Waals surface area contributed by atoms with Crippen LogP contribution in [-0.2, 0) is 21.2 Å². The smallest absolute Gasteiger partial charge is 0.243 e. The van der Waals surface area contributed by atoms with Gasteiger partial charge in [0.05, 0.1) is 17.7 Å². The van der Waals surface area contributed by atoms with Crippen molar-refractivity contribution in [1.82, 2.24) is 19.3 Å². The van der Waals surface area contributed by atoms with Crippen LogP contribution in [0, 0.1) is 0 Å². The minimum atomic E-state index is -3.68. The largest absolute Gasteiger partial charge is 0.495 e. The number of aromatic nitrogens is 2. The summed E-state index contributed by atoms with van der Waals surface area (Å²) in [7, 11) is -0.253. The van der Waals surface area contributed by atoms with E-state index in [1.807, 2.05) is 23.9 Å². The third kappa shape index (κ3) is 5.41. The Hall–Kier alpha value is -2.80. The minimum Gasteiger partial charge on any atom is -0.495 e. The Morgan fingerprint density at radius 3 is 2.73 bits per heavy atom. The molecule has 1 amide bonds. The maximum atomic E-state index is 13.1. The molecule has 1 saturated heterocycles. The number of hydrogen-bond donors (Lipinski definition) is 1. The third-order valence-electron chi connectivity index (χ3n) is 5.36. The van der Waals surface area contributed by atoms with E-state index in [1.54, 1.807) is 6.07 Å². The first-order valence-corrected chi connectivity index (χ1v) is 12.8. The molecule has 0 atom stereocenters. The predicted octanol–water partition coefficient (Wildman–Crippen LogP) is 2.31. The molecule has 3 heterocycles. The zero-order chi connectivity index (χ0) is 23.4. The number of methoxy groups -OCH3 is 1. The minimum absolute atomic E-state index is 0.0872. The fourth-order valence-corrected chi connectivity index (χ4v) is 5.50. The number of aryl methyl sites for hydroxylation is 1. The van der Waals surface area contributed by atoms with Gasteiger partial charge in [-0.25, -0.2) is 8.42 Å². The molecule has 0 saturated carbocycles. The van der Waals surface area contributed by atoms with Crippen LogP contribution in [0.15, 0.2) is 44.4 Å². The number of thiophene rings is 1. The molecule has 0 radical (unpaired) electrons. The summed E-state index contributed by atoms with van der Waals surface area (Å²) in [5, 5.41) is 10.5. The Bertz CT molecular complexity index is 1200. The van der Waals surface area contributed by atoms with Crippen LogP contribution in [0.1, 0.15) is 12.3 Å². The SMILES string of the molecule is COc1ccc(S(=O)(=O)N2CCN(C)CC2)cc1NC(=O)CCc1nc(-c2ccsc2)no1. The normalized spacial score (nSPS) is 15.5. The molecule has 2 aromatic heterocycles. The Morgan fingerprint density at radius 1 is 1.24 bits per heavy atom. The highest BCUT2D eigenvalue weighted by atomic mass is 32.2. The summed E-state index contributed by atoms with van der Waals surface area (Å²) in [4.78, 5) is 19.1. The summed E-state index contributed by atoms with van der Waals surface area (Å²) in [5.74, 6) is 0.885. The van der Waals surface area contributed by atoms with Crippen molar-refractivity contribution in [2.24, 2.45) is 0 Å². The van der Waals surface area contributed by atoms with Gasteiger partial charge >= 0.3 is 0 Å². The van der Waals surface area contributed by atoms with E-state index in [1.165, 1.54) is 34.9 Å². The zero-order valence-electron chi connectivity index (χ0n) is 18.4. The number of ether oxygens (including phenoxy) is 1. The lowest BCUT2D eigenvalue weighted by atomic mass is 10.2. The molecular weight excluding hydrogens is 466 g/mol. The molecule has 3 aromatic rings. The zero-order valence-corrected chi connectivity index (χ0v) is 20.0. The van der Waals surface area contributed by atoms with E-state index < -0.39 is 10.0 Å². The van der Waals surface area contributed by atoms with Gasteiger partial charge in [-0.15, -0.1) is 0 Å². The molecule has 1 N–H and O–H groups in total. The average Bonchev–Trinajstić information content (AvgIpc) is 3.50. The van der Waals surface area contributed by atoms with E-state index in [2.05, 4.69) is 20.4 Å². The molecular formula is C21H25N5O5S2. The topological polar surface area (TPSA) is 118 Å². The van der Waals surface area contributed by atoms with Crippen molar-refractivity contribution in [3.63, 3.8) is 0 Å². The molecule has 0 unspecified atom stereocenters. The average molecular weight is 492 g/mol. The van der Waals surface area contributed by atoms with Gasteiger partial charge in [0.2, 0.25) is 27.6 Å². The van der Waals surface area contributed by atoms with Gasteiger partial charge in [-0.3, -0.25) is 4.79 Å². The molecule has 4 rings (SSSR count). The number of carbonyl (C=O) groups excluding carboxylic acids is 1. The van der Waals surface area contributed by atoms with Gasteiger partial charge in [-0.05, 0) is 36.7 Å². The van der Waals surface area contributed by atoms with Crippen LogP contribution in [0.3, 0.4) is 0 Å². The van der Waals surface area contributed by atoms with E-state index in [-0.39, 0.29) is 23.6 Å². The second kappa shape index (κ2) is 10.00. The van der Waals surface area contributed by atoms with Crippen LogP contribution in [-0.4, -0.2) is 74.0 Å². The number of carbonyl (C=O) groups is 1.